The van der Waals surface area contributed by atoms with Gasteiger partial charge in [0, 0.05) is 12.7 Å². The van der Waals surface area contributed by atoms with E-state index in [1.807, 2.05) is 6.07 Å². The van der Waals surface area contributed by atoms with Crippen molar-refractivity contribution in [3.8, 4) is 6.07 Å². The largest absolute Gasteiger partial charge is 0.311 e. The van der Waals surface area contributed by atoms with Crippen molar-refractivity contribution in [3.05, 3.63) is 65.0 Å². The van der Waals surface area contributed by atoms with E-state index in [1.54, 1.807) is 44.3 Å². The Morgan fingerprint density at radius 1 is 1.20 bits per heavy atom. The molecule has 2 aromatic carbocycles. The molecule has 100 valence electrons. The molecular weight excluding hydrogens is 255 g/mol. The van der Waals surface area contributed by atoms with Gasteiger partial charge >= 0.3 is 0 Å². The zero-order valence-electron chi connectivity index (χ0n) is 11.2. The van der Waals surface area contributed by atoms with E-state index in [9.17, 15) is 9.18 Å². The highest BCUT2D eigenvalue weighted by molar-refractivity contribution is 6.05. The van der Waals surface area contributed by atoms with Crippen molar-refractivity contribution in [1.82, 2.24) is 0 Å². The summed E-state index contributed by atoms with van der Waals surface area (Å²) in [7, 11) is 1.57. The van der Waals surface area contributed by atoms with Crippen LogP contribution in [0.2, 0.25) is 0 Å². The van der Waals surface area contributed by atoms with E-state index in [2.05, 4.69) is 0 Å². The van der Waals surface area contributed by atoms with Crippen molar-refractivity contribution in [1.29, 1.82) is 5.26 Å². The highest BCUT2D eigenvalue weighted by Crippen LogP contribution is 2.18. The third-order valence-corrected chi connectivity index (χ3v) is 3.04. The average Bonchev–Trinajstić information content (AvgIpc) is 2.46. The fourth-order valence-electron chi connectivity index (χ4n) is 1.85. The number of halogens is 1. The molecule has 0 fully saturated rings. The molecule has 20 heavy (non-hydrogen) atoms. The summed E-state index contributed by atoms with van der Waals surface area (Å²) in [5.41, 5.74) is 1.91. The predicted octanol–water partition coefficient (Wildman–Crippen LogP) is 3.28. The van der Waals surface area contributed by atoms with Gasteiger partial charge in [0.15, 0.2) is 0 Å². The van der Waals surface area contributed by atoms with Crippen molar-refractivity contribution in [2.24, 2.45) is 0 Å². The quantitative estimate of drug-likeness (QED) is 0.839. The molecule has 2 aromatic rings. The number of benzene rings is 2. The summed E-state index contributed by atoms with van der Waals surface area (Å²) >= 11 is 0. The number of carbonyl (C=O) groups excluding carboxylic acids is 1. The summed E-state index contributed by atoms with van der Waals surface area (Å²) in [4.78, 5) is 13.6. The van der Waals surface area contributed by atoms with Crippen LogP contribution in [0.25, 0.3) is 0 Å². The Kier molecular flexibility index (Phi) is 3.81. The molecule has 0 aromatic heterocycles. The van der Waals surface area contributed by atoms with Crippen LogP contribution in [0.15, 0.2) is 42.5 Å². The van der Waals surface area contributed by atoms with Gasteiger partial charge in [-0.2, -0.15) is 5.26 Å². The smallest absolute Gasteiger partial charge is 0.260 e. The van der Waals surface area contributed by atoms with Crippen molar-refractivity contribution in [2.45, 2.75) is 6.92 Å². The molecule has 3 nitrogen and oxygen atoms in total. The fraction of sp³-hybridized carbons (Fsp3) is 0.125. The van der Waals surface area contributed by atoms with Gasteiger partial charge in [-0.25, -0.2) is 4.39 Å². The number of aryl methyl sites for hydroxylation is 1. The molecule has 0 saturated carbocycles. The number of hydrogen-bond donors (Lipinski definition) is 0. The van der Waals surface area contributed by atoms with Crippen LogP contribution in [0.4, 0.5) is 10.1 Å². The number of anilines is 1. The first-order chi connectivity index (χ1) is 9.52. The Balaban J connectivity index is 2.30. The second-order valence-corrected chi connectivity index (χ2v) is 4.51. The molecule has 0 aliphatic rings. The van der Waals surface area contributed by atoms with Crippen LogP contribution in [-0.4, -0.2) is 13.0 Å². The average molecular weight is 268 g/mol. The summed E-state index contributed by atoms with van der Waals surface area (Å²) in [6.07, 6.45) is 0. The van der Waals surface area contributed by atoms with Crippen LogP contribution >= 0.6 is 0 Å². The first-order valence-electron chi connectivity index (χ1n) is 6.07. The van der Waals surface area contributed by atoms with Crippen molar-refractivity contribution >= 4 is 11.6 Å². The molecule has 0 atom stereocenters. The van der Waals surface area contributed by atoms with Gasteiger partial charge in [0.05, 0.1) is 17.2 Å². The zero-order valence-corrected chi connectivity index (χ0v) is 11.2. The third-order valence-electron chi connectivity index (χ3n) is 3.04. The summed E-state index contributed by atoms with van der Waals surface area (Å²) < 4.78 is 13.8. The van der Waals surface area contributed by atoms with Gasteiger partial charge in [-0.05, 0) is 48.9 Å². The maximum absolute atomic E-state index is 13.8. The number of hydrogen-bond acceptors (Lipinski definition) is 2. The zero-order chi connectivity index (χ0) is 14.7. The number of nitrogens with zero attached hydrogens (tertiary/aromatic N) is 2. The third kappa shape index (κ3) is 2.67. The van der Waals surface area contributed by atoms with E-state index >= 15 is 0 Å². The second kappa shape index (κ2) is 5.54. The number of amides is 1. The van der Waals surface area contributed by atoms with E-state index < -0.39 is 11.7 Å². The number of rotatable bonds is 2. The van der Waals surface area contributed by atoms with Crippen molar-refractivity contribution in [2.75, 3.05) is 11.9 Å². The van der Waals surface area contributed by atoms with Gasteiger partial charge in [-0.15, -0.1) is 0 Å². The predicted molar refractivity (Wildman–Crippen MR) is 75.0 cm³/mol. The summed E-state index contributed by atoms with van der Waals surface area (Å²) in [5, 5.41) is 8.74. The lowest BCUT2D eigenvalue weighted by molar-refractivity contribution is 0.0989. The molecule has 0 unspecified atom stereocenters. The Morgan fingerprint density at radius 3 is 2.40 bits per heavy atom. The molecule has 0 N–H and O–H groups in total. The van der Waals surface area contributed by atoms with E-state index in [0.717, 1.165) is 5.56 Å². The number of carbonyl (C=O) groups is 1. The van der Waals surface area contributed by atoms with Gasteiger partial charge in [-0.1, -0.05) is 6.07 Å². The summed E-state index contributed by atoms with van der Waals surface area (Å²) in [6, 6.07) is 13.1. The Bertz CT molecular complexity index is 687. The molecule has 0 bridgehead atoms. The van der Waals surface area contributed by atoms with Crippen LogP contribution in [0.5, 0.6) is 0 Å². The van der Waals surface area contributed by atoms with Gasteiger partial charge in [-0.3, -0.25) is 4.79 Å². The Morgan fingerprint density at radius 2 is 1.85 bits per heavy atom. The monoisotopic (exact) mass is 268 g/mol. The molecule has 0 aliphatic heterocycles. The highest BCUT2D eigenvalue weighted by atomic mass is 19.1. The SMILES string of the molecule is Cc1ccc(C(=O)N(C)c2ccc(C#N)cc2)c(F)c1. The first kappa shape index (κ1) is 13.8. The highest BCUT2D eigenvalue weighted by Gasteiger charge is 2.17. The molecule has 0 spiro atoms. The minimum absolute atomic E-state index is 0.0301. The van der Waals surface area contributed by atoms with E-state index in [1.165, 1.54) is 17.0 Å². The van der Waals surface area contributed by atoms with E-state index in [0.29, 0.717) is 11.3 Å². The topological polar surface area (TPSA) is 44.1 Å². The minimum atomic E-state index is -0.532. The van der Waals surface area contributed by atoms with Gasteiger partial charge in [0.25, 0.3) is 5.91 Å². The van der Waals surface area contributed by atoms with Crippen LogP contribution < -0.4 is 4.90 Å². The lowest BCUT2D eigenvalue weighted by Crippen LogP contribution is -2.27. The Labute approximate surface area is 116 Å². The maximum Gasteiger partial charge on any atom is 0.260 e. The number of nitriles is 1. The normalized spacial score (nSPS) is 9.90. The summed E-state index contributed by atoms with van der Waals surface area (Å²) in [6.45, 7) is 1.77. The molecule has 4 heteroatoms. The second-order valence-electron chi connectivity index (χ2n) is 4.51. The molecule has 0 heterocycles. The lowest BCUT2D eigenvalue weighted by Gasteiger charge is -2.18. The van der Waals surface area contributed by atoms with Gasteiger partial charge in [0.2, 0.25) is 0 Å². The van der Waals surface area contributed by atoms with Crippen LogP contribution in [0.3, 0.4) is 0 Å². The summed E-state index contributed by atoms with van der Waals surface area (Å²) in [5.74, 6) is -0.956. The van der Waals surface area contributed by atoms with E-state index in [-0.39, 0.29) is 5.56 Å². The van der Waals surface area contributed by atoms with Gasteiger partial charge in [0.1, 0.15) is 5.82 Å². The van der Waals surface area contributed by atoms with Gasteiger partial charge < -0.3 is 4.90 Å². The minimum Gasteiger partial charge on any atom is -0.311 e. The molecule has 2 rings (SSSR count). The molecular formula is C16H13FN2O. The van der Waals surface area contributed by atoms with Crippen LogP contribution in [0.1, 0.15) is 21.5 Å². The van der Waals surface area contributed by atoms with Crippen LogP contribution in [-0.2, 0) is 0 Å². The molecule has 0 saturated heterocycles. The lowest BCUT2D eigenvalue weighted by atomic mass is 10.1. The molecule has 0 aliphatic carbocycles. The van der Waals surface area contributed by atoms with E-state index in [4.69, 9.17) is 5.26 Å². The molecule has 1 amide bonds. The van der Waals surface area contributed by atoms with Crippen molar-refractivity contribution in [3.63, 3.8) is 0 Å². The Hall–Kier alpha value is -2.67. The first-order valence-corrected chi connectivity index (χ1v) is 6.07. The van der Waals surface area contributed by atoms with Crippen molar-refractivity contribution < 1.29 is 9.18 Å². The molecule has 0 radical (unpaired) electrons. The standard InChI is InChI=1S/C16H13FN2O/c1-11-3-8-14(15(17)9-11)16(20)19(2)13-6-4-12(10-18)5-7-13/h3-9H,1-2H3. The van der Waals surface area contributed by atoms with Crippen LogP contribution in [0, 0.1) is 24.1 Å². The maximum atomic E-state index is 13.8. The fourth-order valence-corrected chi connectivity index (χ4v) is 1.85.